The molecule has 0 bridgehead atoms. The van der Waals surface area contributed by atoms with Crippen molar-refractivity contribution in [3.8, 4) is 0 Å². The van der Waals surface area contributed by atoms with Crippen LogP contribution in [0.15, 0.2) is 53.4 Å². The average Bonchev–Trinajstić information content (AvgIpc) is 2.38. The summed E-state index contributed by atoms with van der Waals surface area (Å²) in [5.41, 5.74) is 1.44. The van der Waals surface area contributed by atoms with E-state index in [0.29, 0.717) is 5.69 Å². The van der Waals surface area contributed by atoms with Gasteiger partial charge in [-0.25, -0.2) is 12.8 Å². The summed E-state index contributed by atoms with van der Waals surface area (Å²) < 4.78 is 40.0. The number of benzene rings is 2. The monoisotopic (exact) mass is 279 g/mol. The first kappa shape index (κ1) is 13.5. The maximum Gasteiger partial charge on any atom is 0.264 e. The standard InChI is InChI=1S/C14H14FNO2S/c1-2-11-6-5-7-12(10-11)16-19(17,18)14-9-4-3-8-13(14)15/h3-10,16H,2H2,1H3. The van der Waals surface area contributed by atoms with Gasteiger partial charge in [-0.3, -0.25) is 4.72 Å². The van der Waals surface area contributed by atoms with Crippen LogP contribution in [0.25, 0.3) is 0 Å². The van der Waals surface area contributed by atoms with Crippen molar-refractivity contribution in [2.45, 2.75) is 18.2 Å². The van der Waals surface area contributed by atoms with E-state index in [4.69, 9.17) is 0 Å². The molecule has 0 aliphatic heterocycles. The summed E-state index contributed by atoms with van der Waals surface area (Å²) in [5, 5.41) is 0. The molecule has 0 aliphatic carbocycles. The summed E-state index contributed by atoms with van der Waals surface area (Å²) in [4.78, 5) is -0.350. The van der Waals surface area contributed by atoms with Gasteiger partial charge in [-0.15, -0.1) is 0 Å². The second kappa shape index (κ2) is 5.40. The van der Waals surface area contributed by atoms with Crippen LogP contribution in [0, 0.1) is 5.82 Å². The van der Waals surface area contributed by atoms with Gasteiger partial charge in [0, 0.05) is 5.69 Å². The topological polar surface area (TPSA) is 46.2 Å². The molecule has 0 atom stereocenters. The largest absolute Gasteiger partial charge is 0.280 e. The van der Waals surface area contributed by atoms with E-state index in [-0.39, 0.29) is 4.90 Å². The molecule has 0 aromatic heterocycles. The van der Waals surface area contributed by atoms with Crippen LogP contribution >= 0.6 is 0 Å². The average molecular weight is 279 g/mol. The summed E-state index contributed by atoms with van der Waals surface area (Å²) in [5.74, 6) is -0.762. The van der Waals surface area contributed by atoms with Gasteiger partial charge in [0.05, 0.1) is 0 Å². The lowest BCUT2D eigenvalue weighted by Gasteiger charge is -2.09. The number of nitrogens with one attached hydrogen (secondary N) is 1. The van der Waals surface area contributed by atoms with Crippen molar-refractivity contribution in [2.75, 3.05) is 4.72 Å². The maximum absolute atomic E-state index is 13.5. The fraction of sp³-hybridized carbons (Fsp3) is 0.143. The van der Waals surface area contributed by atoms with Gasteiger partial charge in [0.15, 0.2) is 0 Å². The highest BCUT2D eigenvalue weighted by atomic mass is 32.2. The number of anilines is 1. The van der Waals surface area contributed by atoms with E-state index in [0.717, 1.165) is 18.1 Å². The molecule has 19 heavy (non-hydrogen) atoms. The quantitative estimate of drug-likeness (QED) is 0.934. The molecule has 0 fully saturated rings. The summed E-state index contributed by atoms with van der Waals surface area (Å²) in [7, 11) is -3.89. The first-order chi connectivity index (χ1) is 9.03. The van der Waals surface area contributed by atoms with Crippen molar-refractivity contribution in [3.63, 3.8) is 0 Å². The first-order valence-corrected chi connectivity index (χ1v) is 7.37. The van der Waals surface area contributed by atoms with Crippen LogP contribution in [0.2, 0.25) is 0 Å². The molecule has 0 heterocycles. The van der Waals surface area contributed by atoms with Gasteiger partial charge in [-0.2, -0.15) is 0 Å². The van der Waals surface area contributed by atoms with Gasteiger partial charge >= 0.3 is 0 Å². The molecule has 0 aliphatic rings. The normalized spacial score (nSPS) is 11.3. The molecule has 2 rings (SSSR count). The zero-order chi connectivity index (χ0) is 13.9. The van der Waals surface area contributed by atoms with Crippen molar-refractivity contribution in [3.05, 3.63) is 59.9 Å². The Bertz CT molecular complexity index is 683. The van der Waals surface area contributed by atoms with E-state index in [2.05, 4.69) is 4.72 Å². The number of hydrogen-bond donors (Lipinski definition) is 1. The fourth-order valence-corrected chi connectivity index (χ4v) is 2.86. The Labute approximate surface area is 112 Å². The minimum atomic E-state index is -3.89. The molecule has 0 amide bonds. The van der Waals surface area contributed by atoms with Crippen molar-refractivity contribution < 1.29 is 12.8 Å². The number of halogens is 1. The van der Waals surface area contributed by atoms with Crippen LogP contribution in [0.3, 0.4) is 0 Å². The third-order valence-corrected chi connectivity index (χ3v) is 4.13. The van der Waals surface area contributed by atoms with Gasteiger partial charge in [0.25, 0.3) is 10.0 Å². The predicted octanol–water partition coefficient (Wildman–Crippen LogP) is 3.19. The van der Waals surface area contributed by atoms with E-state index in [1.54, 1.807) is 18.2 Å². The summed E-state index contributed by atoms with van der Waals surface area (Å²) in [6.45, 7) is 1.98. The number of aryl methyl sites for hydroxylation is 1. The lowest BCUT2D eigenvalue weighted by Crippen LogP contribution is -2.14. The molecule has 0 unspecified atom stereocenters. The molecule has 0 spiro atoms. The van der Waals surface area contributed by atoms with Crippen LogP contribution in [-0.2, 0) is 16.4 Å². The number of hydrogen-bond acceptors (Lipinski definition) is 2. The van der Waals surface area contributed by atoms with Gasteiger partial charge in [0.2, 0.25) is 0 Å². The highest BCUT2D eigenvalue weighted by molar-refractivity contribution is 7.92. The number of sulfonamides is 1. The molecule has 3 nitrogen and oxygen atoms in total. The Kier molecular flexibility index (Phi) is 3.85. The fourth-order valence-electron chi connectivity index (χ4n) is 1.73. The second-order valence-corrected chi connectivity index (χ2v) is 5.74. The van der Waals surface area contributed by atoms with Crippen LogP contribution in [-0.4, -0.2) is 8.42 Å². The Hall–Kier alpha value is -1.88. The molecular weight excluding hydrogens is 265 g/mol. The summed E-state index contributed by atoms with van der Waals surface area (Å²) in [6, 6.07) is 12.3. The van der Waals surface area contributed by atoms with Crippen molar-refractivity contribution in [1.82, 2.24) is 0 Å². The maximum atomic E-state index is 13.5. The summed E-state index contributed by atoms with van der Waals surface area (Å²) >= 11 is 0. The molecule has 0 radical (unpaired) electrons. The van der Waals surface area contributed by atoms with Gasteiger partial charge < -0.3 is 0 Å². The Morgan fingerprint density at radius 2 is 1.84 bits per heavy atom. The minimum absolute atomic E-state index is 0.350. The zero-order valence-corrected chi connectivity index (χ0v) is 11.2. The van der Waals surface area contributed by atoms with Crippen molar-refractivity contribution >= 4 is 15.7 Å². The molecular formula is C14H14FNO2S. The highest BCUT2D eigenvalue weighted by Gasteiger charge is 2.18. The molecule has 1 N–H and O–H groups in total. The summed E-state index contributed by atoms with van der Waals surface area (Å²) in [6.07, 6.45) is 0.801. The molecule has 0 saturated carbocycles. The second-order valence-electron chi connectivity index (χ2n) is 4.09. The zero-order valence-electron chi connectivity index (χ0n) is 10.4. The lowest BCUT2D eigenvalue weighted by atomic mass is 10.1. The molecule has 2 aromatic carbocycles. The first-order valence-electron chi connectivity index (χ1n) is 5.89. The van der Waals surface area contributed by atoms with Crippen molar-refractivity contribution in [1.29, 1.82) is 0 Å². The molecule has 2 aromatic rings. The van der Waals surface area contributed by atoms with Crippen LogP contribution < -0.4 is 4.72 Å². The molecule has 100 valence electrons. The van der Waals surface area contributed by atoms with Gasteiger partial charge in [-0.05, 0) is 36.2 Å². The minimum Gasteiger partial charge on any atom is -0.280 e. The van der Waals surface area contributed by atoms with E-state index < -0.39 is 15.8 Å². The Morgan fingerprint density at radius 3 is 2.53 bits per heavy atom. The smallest absolute Gasteiger partial charge is 0.264 e. The predicted molar refractivity (Wildman–Crippen MR) is 73.0 cm³/mol. The van der Waals surface area contributed by atoms with Crippen LogP contribution in [0.5, 0.6) is 0 Å². The highest BCUT2D eigenvalue weighted by Crippen LogP contribution is 2.19. The van der Waals surface area contributed by atoms with Crippen LogP contribution in [0.1, 0.15) is 12.5 Å². The Balaban J connectivity index is 2.34. The van der Waals surface area contributed by atoms with Crippen LogP contribution in [0.4, 0.5) is 10.1 Å². The number of rotatable bonds is 4. The third kappa shape index (κ3) is 3.12. The van der Waals surface area contributed by atoms with Crippen molar-refractivity contribution in [2.24, 2.45) is 0 Å². The van der Waals surface area contributed by atoms with E-state index >= 15 is 0 Å². The van der Waals surface area contributed by atoms with Gasteiger partial charge in [0.1, 0.15) is 10.7 Å². The third-order valence-electron chi connectivity index (χ3n) is 2.71. The van der Waals surface area contributed by atoms with E-state index in [1.165, 1.54) is 18.2 Å². The lowest BCUT2D eigenvalue weighted by molar-refractivity contribution is 0.570. The Morgan fingerprint density at radius 1 is 1.11 bits per heavy atom. The van der Waals surface area contributed by atoms with E-state index in [1.807, 2.05) is 13.0 Å². The molecule has 5 heteroatoms. The van der Waals surface area contributed by atoms with E-state index in [9.17, 15) is 12.8 Å². The SMILES string of the molecule is CCc1cccc(NS(=O)(=O)c2ccccc2F)c1. The van der Waals surface area contributed by atoms with Gasteiger partial charge in [-0.1, -0.05) is 31.2 Å². The molecule has 0 saturated heterocycles.